The van der Waals surface area contributed by atoms with Crippen molar-refractivity contribution in [2.75, 3.05) is 14.2 Å². The van der Waals surface area contributed by atoms with Gasteiger partial charge in [-0.3, -0.25) is 4.79 Å². The topological polar surface area (TPSA) is 44.8 Å². The van der Waals surface area contributed by atoms with Crippen LogP contribution in [-0.2, 0) is 6.61 Å². The molecular weight excluding hydrogens is 336 g/mol. The Hall–Kier alpha value is -2.01. The van der Waals surface area contributed by atoms with E-state index in [4.69, 9.17) is 14.2 Å². The zero-order valence-corrected chi connectivity index (χ0v) is 13.3. The number of methoxy groups -OCH3 is 2. The molecule has 0 atom stereocenters. The van der Waals surface area contributed by atoms with Crippen molar-refractivity contribution >= 4 is 22.2 Å². The first-order valence-corrected chi connectivity index (χ1v) is 7.05. The molecular formula is C16H15BrO4. The van der Waals surface area contributed by atoms with Crippen LogP contribution in [0.3, 0.4) is 0 Å². The molecule has 2 rings (SSSR count). The third-order valence-corrected chi connectivity index (χ3v) is 3.42. The van der Waals surface area contributed by atoms with E-state index in [-0.39, 0.29) is 0 Å². The third-order valence-electron chi connectivity index (χ3n) is 2.96. The average Bonchev–Trinajstić information content (AvgIpc) is 2.52. The molecule has 0 aliphatic heterocycles. The average molecular weight is 351 g/mol. The Morgan fingerprint density at radius 2 is 1.71 bits per heavy atom. The van der Waals surface area contributed by atoms with E-state index < -0.39 is 0 Å². The quantitative estimate of drug-likeness (QED) is 0.742. The number of carbonyl (C=O) groups excluding carboxylic acids is 1. The van der Waals surface area contributed by atoms with Crippen LogP contribution in [0, 0.1) is 0 Å². The van der Waals surface area contributed by atoms with Gasteiger partial charge >= 0.3 is 0 Å². The first-order valence-electron chi connectivity index (χ1n) is 6.26. The molecule has 0 fully saturated rings. The molecule has 21 heavy (non-hydrogen) atoms. The van der Waals surface area contributed by atoms with Crippen molar-refractivity contribution in [3.05, 3.63) is 52.0 Å². The van der Waals surface area contributed by atoms with Crippen molar-refractivity contribution in [1.82, 2.24) is 0 Å². The molecule has 2 aromatic rings. The summed E-state index contributed by atoms with van der Waals surface area (Å²) in [6.45, 7) is 0.352. The van der Waals surface area contributed by atoms with Gasteiger partial charge in [0, 0.05) is 4.47 Å². The highest BCUT2D eigenvalue weighted by atomic mass is 79.9. The SMILES string of the molecule is COc1ccc(COc2cc(Br)cc(OC)c2C=O)cc1. The number of aldehydes is 1. The molecule has 0 saturated carbocycles. The summed E-state index contributed by atoms with van der Waals surface area (Å²) >= 11 is 3.37. The van der Waals surface area contributed by atoms with Gasteiger partial charge in [-0.25, -0.2) is 0 Å². The number of rotatable bonds is 6. The number of halogens is 1. The minimum absolute atomic E-state index is 0.352. The van der Waals surface area contributed by atoms with Crippen molar-refractivity contribution in [2.45, 2.75) is 6.61 Å². The number of carbonyl (C=O) groups is 1. The Kier molecular flexibility index (Phi) is 5.22. The van der Waals surface area contributed by atoms with Crippen molar-refractivity contribution < 1.29 is 19.0 Å². The second-order valence-electron chi connectivity index (χ2n) is 4.27. The summed E-state index contributed by atoms with van der Waals surface area (Å²) in [5.74, 6) is 1.74. The van der Waals surface area contributed by atoms with E-state index in [9.17, 15) is 4.79 Å². The first-order chi connectivity index (χ1) is 10.2. The summed E-state index contributed by atoms with van der Waals surface area (Å²) < 4.78 is 16.8. The molecule has 0 spiro atoms. The van der Waals surface area contributed by atoms with Gasteiger partial charge in [0.25, 0.3) is 0 Å². The fraction of sp³-hybridized carbons (Fsp3) is 0.188. The van der Waals surface area contributed by atoms with Crippen LogP contribution in [-0.4, -0.2) is 20.5 Å². The molecule has 0 aromatic heterocycles. The van der Waals surface area contributed by atoms with Crippen LogP contribution in [0.25, 0.3) is 0 Å². The van der Waals surface area contributed by atoms with Gasteiger partial charge in [0.15, 0.2) is 6.29 Å². The van der Waals surface area contributed by atoms with E-state index in [2.05, 4.69) is 15.9 Å². The van der Waals surface area contributed by atoms with Crippen molar-refractivity contribution in [3.8, 4) is 17.2 Å². The maximum absolute atomic E-state index is 11.2. The Bertz CT molecular complexity index is 623. The van der Waals surface area contributed by atoms with E-state index in [1.54, 1.807) is 19.2 Å². The molecule has 0 unspecified atom stereocenters. The lowest BCUT2D eigenvalue weighted by Gasteiger charge is -2.12. The van der Waals surface area contributed by atoms with Crippen LogP contribution < -0.4 is 14.2 Å². The van der Waals surface area contributed by atoms with Gasteiger partial charge in [0.2, 0.25) is 0 Å². The van der Waals surface area contributed by atoms with Gasteiger partial charge < -0.3 is 14.2 Å². The lowest BCUT2D eigenvalue weighted by molar-refractivity contribution is 0.111. The lowest BCUT2D eigenvalue weighted by Crippen LogP contribution is -2.00. The van der Waals surface area contributed by atoms with Gasteiger partial charge in [-0.1, -0.05) is 28.1 Å². The predicted octanol–water partition coefficient (Wildman–Crippen LogP) is 3.86. The zero-order valence-electron chi connectivity index (χ0n) is 11.8. The lowest BCUT2D eigenvalue weighted by atomic mass is 10.2. The van der Waals surface area contributed by atoms with Crippen LogP contribution in [0.5, 0.6) is 17.2 Å². The van der Waals surface area contributed by atoms with Crippen molar-refractivity contribution in [3.63, 3.8) is 0 Å². The summed E-state index contributed by atoms with van der Waals surface area (Å²) in [7, 11) is 3.14. The highest BCUT2D eigenvalue weighted by Gasteiger charge is 2.12. The van der Waals surface area contributed by atoms with E-state index in [1.807, 2.05) is 24.3 Å². The van der Waals surface area contributed by atoms with Crippen molar-refractivity contribution in [2.24, 2.45) is 0 Å². The van der Waals surface area contributed by atoms with Crippen LogP contribution in [0.1, 0.15) is 15.9 Å². The van der Waals surface area contributed by atoms with E-state index in [0.717, 1.165) is 22.1 Å². The Morgan fingerprint density at radius 3 is 2.29 bits per heavy atom. The molecule has 0 aliphatic carbocycles. The molecule has 4 nitrogen and oxygen atoms in total. The number of hydrogen-bond acceptors (Lipinski definition) is 4. The molecule has 5 heteroatoms. The van der Waals surface area contributed by atoms with E-state index >= 15 is 0 Å². The fourth-order valence-corrected chi connectivity index (χ4v) is 2.27. The summed E-state index contributed by atoms with van der Waals surface area (Å²) in [6.07, 6.45) is 0.731. The highest BCUT2D eigenvalue weighted by Crippen LogP contribution is 2.32. The monoisotopic (exact) mass is 350 g/mol. The molecule has 0 saturated heterocycles. The van der Waals surface area contributed by atoms with Gasteiger partial charge in [0.05, 0.1) is 19.8 Å². The minimum atomic E-state index is 0.352. The Labute approximate surface area is 131 Å². The number of ether oxygens (including phenoxy) is 3. The molecule has 0 bridgehead atoms. The third kappa shape index (κ3) is 3.76. The van der Waals surface area contributed by atoms with Gasteiger partial charge in [-0.15, -0.1) is 0 Å². The molecule has 2 aromatic carbocycles. The summed E-state index contributed by atoms with van der Waals surface area (Å²) in [4.78, 5) is 11.2. The number of benzene rings is 2. The maximum atomic E-state index is 11.2. The summed E-state index contributed by atoms with van der Waals surface area (Å²) in [5.41, 5.74) is 1.38. The second kappa shape index (κ2) is 7.13. The maximum Gasteiger partial charge on any atom is 0.157 e. The van der Waals surface area contributed by atoms with E-state index in [0.29, 0.717) is 23.7 Å². The molecule has 0 radical (unpaired) electrons. The van der Waals surface area contributed by atoms with Crippen LogP contribution in [0.2, 0.25) is 0 Å². The second-order valence-corrected chi connectivity index (χ2v) is 5.19. The zero-order chi connectivity index (χ0) is 15.2. The molecule has 0 amide bonds. The molecule has 0 aliphatic rings. The smallest absolute Gasteiger partial charge is 0.157 e. The Balaban J connectivity index is 2.18. The van der Waals surface area contributed by atoms with Crippen molar-refractivity contribution in [1.29, 1.82) is 0 Å². The Morgan fingerprint density at radius 1 is 1.05 bits per heavy atom. The first kappa shape index (κ1) is 15.4. The number of hydrogen-bond donors (Lipinski definition) is 0. The molecule has 0 heterocycles. The largest absolute Gasteiger partial charge is 0.497 e. The normalized spacial score (nSPS) is 10.0. The van der Waals surface area contributed by atoms with Gasteiger partial charge in [0.1, 0.15) is 23.9 Å². The van der Waals surface area contributed by atoms with Gasteiger partial charge in [-0.05, 0) is 29.8 Å². The summed E-state index contributed by atoms with van der Waals surface area (Å²) in [5, 5.41) is 0. The fourth-order valence-electron chi connectivity index (χ4n) is 1.86. The minimum Gasteiger partial charge on any atom is -0.497 e. The predicted molar refractivity (Wildman–Crippen MR) is 83.4 cm³/mol. The summed E-state index contributed by atoms with van der Waals surface area (Å²) in [6, 6.07) is 11.0. The van der Waals surface area contributed by atoms with Crippen LogP contribution in [0.4, 0.5) is 0 Å². The van der Waals surface area contributed by atoms with Crippen LogP contribution in [0.15, 0.2) is 40.9 Å². The van der Waals surface area contributed by atoms with Gasteiger partial charge in [-0.2, -0.15) is 0 Å². The standard InChI is InChI=1S/C16H15BrO4/c1-19-13-5-3-11(4-6-13)10-21-16-8-12(17)7-15(20-2)14(16)9-18/h3-9H,10H2,1-2H3. The van der Waals surface area contributed by atoms with E-state index in [1.165, 1.54) is 7.11 Å². The van der Waals surface area contributed by atoms with Crippen LogP contribution >= 0.6 is 15.9 Å². The highest BCUT2D eigenvalue weighted by molar-refractivity contribution is 9.10. The molecule has 0 N–H and O–H groups in total. The molecule has 110 valence electrons.